The summed E-state index contributed by atoms with van der Waals surface area (Å²) in [4.78, 5) is 25.8. The van der Waals surface area contributed by atoms with E-state index in [0.717, 1.165) is 25.7 Å². The fourth-order valence-corrected chi connectivity index (χ4v) is 9.08. The van der Waals surface area contributed by atoms with Gasteiger partial charge in [0.2, 0.25) is 0 Å². The summed E-state index contributed by atoms with van der Waals surface area (Å²) in [7, 11) is 1.47. The highest BCUT2D eigenvalue weighted by atomic mass is 16.5. The van der Waals surface area contributed by atoms with Crippen molar-refractivity contribution in [3.63, 3.8) is 0 Å². The summed E-state index contributed by atoms with van der Waals surface area (Å²) in [6, 6.07) is 0. The maximum atomic E-state index is 13.9. The van der Waals surface area contributed by atoms with Crippen LogP contribution in [0.4, 0.5) is 0 Å². The molecule has 4 bridgehead atoms. The number of fused-ring (bicyclic) bond motifs is 3. The third-order valence-corrected chi connectivity index (χ3v) is 10.3. The van der Waals surface area contributed by atoms with Crippen LogP contribution in [0, 0.1) is 40.4 Å². The van der Waals surface area contributed by atoms with Crippen molar-refractivity contribution in [2.75, 3.05) is 7.11 Å². The van der Waals surface area contributed by atoms with Crippen LogP contribution >= 0.6 is 0 Å². The van der Waals surface area contributed by atoms with Crippen molar-refractivity contribution in [1.82, 2.24) is 0 Å². The quantitative estimate of drug-likeness (QED) is 0.666. The van der Waals surface area contributed by atoms with E-state index < -0.39 is 5.60 Å². The molecule has 0 aromatic rings. The lowest BCUT2D eigenvalue weighted by molar-refractivity contribution is -0.307. The van der Waals surface area contributed by atoms with Gasteiger partial charge < -0.3 is 9.47 Å². The first-order valence-electron chi connectivity index (χ1n) is 11.5. The lowest BCUT2D eigenvalue weighted by Gasteiger charge is -2.70. The highest BCUT2D eigenvalue weighted by Gasteiger charge is 2.74. The van der Waals surface area contributed by atoms with Gasteiger partial charge in [-0.15, -0.1) is 0 Å². The molecule has 1 spiro atoms. The zero-order valence-corrected chi connectivity index (χ0v) is 18.0. The molecule has 0 radical (unpaired) electrons. The number of hydrogen-bond acceptors (Lipinski definition) is 4. The van der Waals surface area contributed by atoms with Gasteiger partial charge in [0, 0.05) is 18.3 Å². The standard InChI is InChI=1S/C24H36O4/c1-14(11-21(26)27-4)17-7-8-18-19-6-5-15-12-16-9-10-23(15,3)24(19,28-16)20(25)13-22(17,18)2/h14-19H,5-13H2,1-4H3/t14-,15-,16+,17-,18+,19+,22+,23-,24-/m0/s1. The summed E-state index contributed by atoms with van der Waals surface area (Å²) in [5.41, 5.74) is -0.468. The predicted molar refractivity (Wildman–Crippen MR) is 106 cm³/mol. The minimum Gasteiger partial charge on any atom is -0.469 e. The number of esters is 1. The maximum Gasteiger partial charge on any atom is 0.305 e. The maximum absolute atomic E-state index is 13.9. The zero-order chi connectivity index (χ0) is 19.9. The highest BCUT2D eigenvalue weighted by molar-refractivity contribution is 5.91. The lowest BCUT2D eigenvalue weighted by atomic mass is 9.40. The summed E-state index contributed by atoms with van der Waals surface area (Å²) in [5, 5.41) is 0. The van der Waals surface area contributed by atoms with Gasteiger partial charge >= 0.3 is 5.97 Å². The monoisotopic (exact) mass is 388 g/mol. The molecule has 4 aliphatic carbocycles. The number of carbonyl (C=O) groups is 2. The molecule has 0 unspecified atom stereocenters. The SMILES string of the molecule is COC(=O)C[C@H](C)[C@@H]1CC[C@@H]2[C@H]3CC[C@H]4C[C@H]5CC[C@]4(C)[C@@]3(O5)C(=O)C[C@@]21C. The average Bonchev–Trinajstić information content (AvgIpc) is 2.98. The first-order valence-corrected chi connectivity index (χ1v) is 11.5. The normalized spacial score (nSPS) is 52.7. The average molecular weight is 389 g/mol. The van der Waals surface area contributed by atoms with Crippen LogP contribution in [0.3, 0.4) is 0 Å². The van der Waals surface area contributed by atoms with Gasteiger partial charge in [-0.1, -0.05) is 20.8 Å². The van der Waals surface area contributed by atoms with Crippen LogP contribution in [0.5, 0.6) is 0 Å². The fourth-order valence-electron chi connectivity index (χ4n) is 9.08. The molecular formula is C24H36O4. The Kier molecular flexibility index (Phi) is 4.13. The third kappa shape index (κ3) is 2.16. The summed E-state index contributed by atoms with van der Waals surface area (Å²) < 4.78 is 11.7. The van der Waals surface area contributed by atoms with Gasteiger partial charge in [-0.25, -0.2) is 0 Å². The Bertz CT molecular complexity index is 703. The van der Waals surface area contributed by atoms with Crippen LogP contribution in [0.2, 0.25) is 0 Å². The van der Waals surface area contributed by atoms with Crippen LogP contribution in [0.25, 0.3) is 0 Å². The van der Waals surface area contributed by atoms with Crippen LogP contribution in [-0.2, 0) is 19.1 Å². The van der Waals surface area contributed by atoms with Gasteiger partial charge in [-0.05, 0) is 80.0 Å². The number of ketones is 1. The van der Waals surface area contributed by atoms with Crippen LogP contribution in [-0.4, -0.2) is 30.6 Å². The Hall–Kier alpha value is -0.900. The first-order chi connectivity index (χ1) is 13.3. The number of methoxy groups -OCH3 is 1. The van der Waals surface area contributed by atoms with Gasteiger partial charge in [-0.3, -0.25) is 9.59 Å². The molecule has 2 saturated heterocycles. The molecule has 4 heteroatoms. The van der Waals surface area contributed by atoms with E-state index in [2.05, 4.69) is 20.8 Å². The van der Waals surface area contributed by atoms with Crippen molar-refractivity contribution >= 4 is 11.8 Å². The summed E-state index contributed by atoms with van der Waals surface area (Å²) in [6.45, 7) is 6.91. The smallest absolute Gasteiger partial charge is 0.305 e. The molecule has 0 aromatic carbocycles. The van der Waals surface area contributed by atoms with E-state index in [1.54, 1.807) is 0 Å². The van der Waals surface area contributed by atoms with E-state index >= 15 is 0 Å². The summed E-state index contributed by atoms with van der Waals surface area (Å²) in [5.74, 6) is 2.54. The first kappa shape index (κ1) is 19.1. The second kappa shape index (κ2) is 6.06. The Morgan fingerprint density at radius 2 is 1.93 bits per heavy atom. The molecule has 0 aromatic heterocycles. The van der Waals surface area contributed by atoms with Crippen molar-refractivity contribution in [2.45, 2.75) is 90.3 Å². The van der Waals surface area contributed by atoms with Crippen LogP contribution in [0.1, 0.15) is 78.6 Å². The third-order valence-electron chi connectivity index (χ3n) is 10.3. The fraction of sp³-hybridized carbons (Fsp3) is 0.917. The molecule has 0 N–H and O–H groups in total. The van der Waals surface area contributed by atoms with Crippen LogP contribution < -0.4 is 0 Å². The summed E-state index contributed by atoms with van der Waals surface area (Å²) in [6.07, 6.45) is 9.60. The molecule has 9 atom stereocenters. The molecular weight excluding hydrogens is 352 g/mol. The zero-order valence-electron chi connectivity index (χ0n) is 18.0. The van der Waals surface area contributed by atoms with E-state index in [9.17, 15) is 9.59 Å². The van der Waals surface area contributed by atoms with Crippen molar-refractivity contribution < 1.29 is 19.1 Å². The van der Waals surface area contributed by atoms with Crippen molar-refractivity contribution in [3.8, 4) is 0 Å². The Balaban J connectivity index is 1.50. The largest absolute Gasteiger partial charge is 0.469 e. The highest BCUT2D eigenvalue weighted by Crippen LogP contribution is 2.72. The Morgan fingerprint density at radius 3 is 2.68 bits per heavy atom. The molecule has 156 valence electrons. The lowest BCUT2D eigenvalue weighted by Crippen LogP contribution is -2.75. The van der Waals surface area contributed by atoms with E-state index in [1.165, 1.54) is 26.4 Å². The van der Waals surface area contributed by atoms with Crippen molar-refractivity contribution in [2.24, 2.45) is 40.4 Å². The second-order valence-corrected chi connectivity index (χ2v) is 11.2. The molecule has 4 nitrogen and oxygen atoms in total. The number of rotatable bonds is 3. The van der Waals surface area contributed by atoms with Crippen molar-refractivity contribution in [1.29, 1.82) is 0 Å². The van der Waals surface area contributed by atoms with Gasteiger partial charge in [0.25, 0.3) is 0 Å². The minimum absolute atomic E-state index is 0.00366. The minimum atomic E-state index is -0.512. The van der Waals surface area contributed by atoms with Gasteiger partial charge in [-0.2, -0.15) is 0 Å². The molecule has 6 rings (SSSR count). The number of Topliss-reactive ketones (excluding diaryl/α,β-unsaturated/α-hetero) is 1. The molecule has 6 aliphatic rings. The van der Waals surface area contributed by atoms with E-state index in [4.69, 9.17) is 9.47 Å². The molecule has 0 amide bonds. The van der Waals surface area contributed by atoms with Gasteiger partial charge in [0.15, 0.2) is 5.78 Å². The second-order valence-electron chi connectivity index (χ2n) is 11.2. The van der Waals surface area contributed by atoms with E-state index in [-0.39, 0.29) is 22.7 Å². The Morgan fingerprint density at radius 1 is 1.18 bits per heavy atom. The number of ether oxygens (including phenoxy) is 2. The number of carbonyl (C=O) groups excluding carboxylic acids is 2. The van der Waals surface area contributed by atoms with Crippen molar-refractivity contribution in [3.05, 3.63) is 0 Å². The summed E-state index contributed by atoms with van der Waals surface area (Å²) >= 11 is 0. The molecule has 28 heavy (non-hydrogen) atoms. The molecule has 6 fully saturated rings. The van der Waals surface area contributed by atoms with E-state index in [1.807, 2.05) is 0 Å². The van der Waals surface area contributed by atoms with Gasteiger partial charge in [0.05, 0.1) is 13.2 Å². The van der Waals surface area contributed by atoms with Crippen LogP contribution in [0.15, 0.2) is 0 Å². The van der Waals surface area contributed by atoms with Gasteiger partial charge in [0.1, 0.15) is 5.60 Å². The molecule has 4 saturated carbocycles. The number of hydrogen-bond donors (Lipinski definition) is 0. The molecule has 2 aliphatic heterocycles. The predicted octanol–water partition coefficient (Wildman–Crippen LogP) is 4.54. The Labute approximate surface area is 169 Å². The molecule has 2 heterocycles. The topological polar surface area (TPSA) is 52.6 Å². The van der Waals surface area contributed by atoms with E-state index in [0.29, 0.717) is 48.4 Å².